The number of Topliss-reactive ketones (excluding diaryl/α,β-unsaturated/α-hetero) is 1. The molecule has 140 valence electrons. The van der Waals surface area contributed by atoms with Crippen molar-refractivity contribution in [1.29, 1.82) is 0 Å². The number of carbonyl (C=O) groups excluding carboxylic acids is 1. The summed E-state index contributed by atoms with van der Waals surface area (Å²) in [6.07, 6.45) is 8.45. The smallest absolute Gasteiger partial charge is 0.195 e. The van der Waals surface area contributed by atoms with Crippen LogP contribution in [-0.4, -0.2) is 12.4 Å². The number of benzene rings is 1. The van der Waals surface area contributed by atoms with E-state index in [-0.39, 0.29) is 5.78 Å². The van der Waals surface area contributed by atoms with Crippen LogP contribution in [0.4, 0.5) is 0 Å². The van der Waals surface area contributed by atoms with Crippen LogP contribution in [0.2, 0.25) is 0 Å². The monoisotopic (exact) mass is 344 g/mol. The molecule has 0 fully saturated rings. The van der Waals surface area contributed by atoms with Crippen molar-refractivity contribution in [1.82, 2.24) is 0 Å². The van der Waals surface area contributed by atoms with Gasteiger partial charge in [0.25, 0.3) is 0 Å². The van der Waals surface area contributed by atoms with Crippen molar-refractivity contribution in [3.63, 3.8) is 0 Å². The van der Waals surface area contributed by atoms with Crippen LogP contribution < -0.4 is 0 Å². The molecule has 1 unspecified atom stereocenters. The zero-order valence-corrected chi connectivity index (χ0v) is 16.9. The standard InChI is InChI=1S/C19H24O2.2C2H6/c1-4-7-12-16(6-3)18(20)19(21-15-8-5-2)17-13-10-9-11-14-17;2*1-2/h4,6-7,9-14,19H,1,5,8,15H2,2-3H3;2*1-2H3/b12-7-,16-6+;;. The lowest BCUT2D eigenvalue weighted by Gasteiger charge is -2.17. The molecule has 25 heavy (non-hydrogen) atoms. The van der Waals surface area contributed by atoms with Crippen molar-refractivity contribution in [2.45, 2.75) is 60.5 Å². The fourth-order valence-electron chi connectivity index (χ4n) is 1.94. The van der Waals surface area contributed by atoms with Crippen LogP contribution in [0.5, 0.6) is 0 Å². The molecule has 0 amide bonds. The molecular weight excluding hydrogens is 308 g/mol. The molecule has 0 bridgehead atoms. The highest BCUT2D eigenvalue weighted by Gasteiger charge is 2.22. The Balaban J connectivity index is 0. The zero-order chi connectivity index (χ0) is 19.5. The van der Waals surface area contributed by atoms with Crippen LogP contribution in [0.15, 0.2) is 66.8 Å². The van der Waals surface area contributed by atoms with Crippen molar-refractivity contribution in [2.75, 3.05) is 6.61 Å². The first kappa shape index (κ1) is 25.3. The third kappa shape index (κ3) is 10.5. The Kier molecular flexibility index (Phi) is 18.6. The van der Waals surface area contributed by atoms with Crippen LogP contribution in [-0.2, 0) is 9.53 Å². The summed E-state index contributed by atoms with van der Waals surface area (Å²) >= 11 is 0. The maximum absolute atomic E-state index is 12.7. The van der Waals surface area contributed by atoms with Gasteiger partial charge in [0.1, 0.15) is 6.10 Å². The van der Waals surface area contributed by atoms with E-state index in [2.05, 4.69) is 13.5 Å². The summed E-state index contributed by atoms with van der Waals surface area (Å²) in [5.41, 5.74) is 1.53. The second-order valence-electron chi connectivity index (χ2n) is 4.72. The molecule has 1 atom stereocenters. The average molecular weight is 345 g/mol. The van der Waals surface area contributed by atoms with Crippen LogP contribution in [0, 0.1) is 0 Å². The van der Waals surface area contributed by atoms with E-state index in [0.717, 1.165) is 18.4 Å². The van der Waals surface area contributed by atoms with Gasteiger partial charge in [-0.2, -0.15) is 0 Å². The number of allylic oxidation sites excluding steroid dienone is 4. The Hall–Kier alpha value is -1.93. The lowest BCUT2D eigenvalue weighted by Crippen LogP contribution is -2.18. The van der Waals surface area contributed by atoms with Gasteiger partial charge in [0.05, 0.1) is 0 Å². The summed E-state index contributed by atoms with van der Waals surface area (Å²) in [5.74, 6) is -0.0158. The zero-order valence-electron chi connectivity index (χ0n) is 16.9. The molecule has 2 nitrogen and oxygen atoms in total. The third-order valence-corrected chi connectivity index (χ3v) is 3.13. The molecule has 0 aliphatic rings. The minimum Gasteiger partial charge on any atom is -0.365 e. The molecular formula is C23H36O2. The highest BCUT2D eigenvalue weighted by atomic mass is 16.5. The molecule has 0 saturated heterocycles. The lowest BCUT2D eigenvalue weighted by molar-refractivity contribution is -0.126. The van der Waals surface area contributed by atoms with E-state index in [1.165, 1.54) is 0 Å². The summed E-state index contributed by atoms with van der Waals surface area (Å²) in [4.78, 5) is 12.7. The summed E-state index contributed by atoms with van der Waals surface area (Å²) in [6.45, 7) is 16.2. The molecule has 1 aromatic carbocycles. The van der Waals surface area contributed by atoms with Gasteiger partial charge >= 0.3 is 0 Å². The molecule has 0 spiro atoms. The highest BCUT2D eigenvalue weighted by molar-refractivity contribution is 6.01. The fraction of sp³-hybridized carbons (Fsp3) is 0.435. The quantitative estimate of drug-likeness (QED) is 0.278. The average Bonchev–Trinajstić information content (AvgIpc) is 2.69. The van der Waals surface area contributed by atoms with Crippen LogP contribution in [0.3, 0.4) is 0 Å². The van der Waals surface area contributed by atoms with Gasteiger partial charge in [0, 0.05) is 12.2 Å². The van der Waals surface area contributed by atoms with E-state index in [9.17, 15) is 4.79 Å². The Morgan fingerprint density at radius 2 is 1.76 bits per heavy atom. The Morgan fingerprint density at radius 1 is 1.16 bits per heavy atom. The SMILES string of the molecule is C=C/C=C\C(=C/C)C(=O)C(OCCCC)c1ccccc1.CC.CC. The number of hydrogen-bond donors (Lipinski definition) is 0. The molecule has 0 heterocycles. The molecule has 1 aromatic rings. The van der Waals surface area contributed by atoms with Gasteiger partial charge in [-0.05, 0) is 18.9 Å². The first-order valence-corrected chi connectivity index (χ1v) is 9.40. The van der Waals surface area contributed by atoms with Gasteiger partial charge in [0.15, 0.2) is 5.78 Å². The maximum Gasteiger partial charge on any atom is 0.195 e. The predicted molar refractivity (Wildman–Crippen MR) is 111 cm³/mol. The fourth-order valence-corrected chi connectivity index (χ4v) is 1.94. The summed E-state index contributed by atoms with van der Waals surface area (Å²) in [5, 5.41) is 0. The largest absolute Gasteiger partial charge is 0.365 e. The first-order valence-electron chi connectivity index (χ1n) is 9.40. The van der Waals surface area contributed by atoms with Crippen molar-refractivity contribution in [3.8, 4) is 0 Å². The van der Waals surface area contributed by atoms with E-state index in [0.29, 0.717) is 12.2 Å². The topological polar surface area (TPSA) is 26.3 Å². The second-order valence-corrected chi connectivity index (χ2v) is 4.72. The van der Waals surface area contributed by atoms with E-state index in [1.54, 1.807) is 24.3 Å². The number of carbonyl (C=O) groups is 1. The van der Waals surface area contributed by atoms with Gasteiger partial charge in [-0.1, -0.05) is 102 Å². The number of ether oxygens (including phenoxy) is 1. The second kappa shape index (κ2) is 18.4. The molecule has 0 aliphatic heterocycles. The molecule has 0 N–H and O–H groups in total. The third-order valence-electron chi connectivity index (χ3n) is 3.13. The van der Waals surface area contributed by atoms with Gasteiger partial charge in [0.2, 0.25) is 0 Å². The summed E-state index contributed by atoms with van der Waals surface area (Å²) < 4.78 is 5.84. The van der Waals surface area contributed by atoms with Crippen molar-refractivity contribution in [3.05, 3.63) is 72.4 Å². The molecule has 0 saturated carbocycles. The Labute approximate surface area is 155 Å². The molecule has 2 heteroatoms. The summed E-state index contributed by atoms with van der Waals surface area (Å²) in [7, 11) is 0. The number of unbranched alkanes of at least 4 members (excludes halogenated alkanes) is 1. The van der Waals surface area contributed by atoms with E-state index in [1.807, 2.05) is 65.0 Å². The molecule has 0 aliphatic carbocycles. The van der Waals surface area contributed by atoms with Crippen LogP contribution >= 0.6 is 0 Å². The van der Waals surface area contributed by atoms with Gasteiger partial charge in [-0.15, -0.1) is 0 Å². The van der Waals surface area contributed by atoms with E-state index in [4.69, 9.17) is 4.74 Å². The molecule has 1 rings (SSSR count). The normalized spacial score (nSPS) is 11.7. The van der Waals surface area contributed by atoms with Gasteiger partial charge in [-0.3, -0.25) is 4.79 Å². The van der Waals surface area contributed by atoms with E-state index < -0.39 is 6.10 Å². The summed E-state index contributed by atoms with van der Waals surface area (Å²) in [6, 6.07) is 9.64. The van der Waals surface area contributed by atoms with Gasteiger partial charge < -0.3 is 4.74 Å². The number of ketones is 1. The maximum atomic E-state index is 12.7. The highest BCUT2D eigenvalue weighted by Crippen LogP contribution is 2.23. The number of rotatable bonds is 9. The van der Waals surface area contributed by atoms with Crippen LogP contribution in [0.25, 0.3) is 0 Å². The Bertz CT molecular complexity index is 498. The van der Waals surface area contributed by atoms with Gasteiger partial charge in [-0.25, -0.2) is 0 Å². The minimum atomic E-state index is -0.543. The van der Waals surface area contributed by atoms with Crippen molar-refractivity contribution < 1.29 is 9.53 Å². The number of hydrogen-bond acceptors (Lipinski definition) is 2. The first-order chi connectivity index (χ1) is 12.2. The predicted octanol–water partition coefficient (Wildman–Crippen LogP) is 6.85. The minimum absolute atomic E-state index is 0.0158. The lowest BCUT2D eigenvalue weighted by atomic mass is 9.99. The van der Waals surface area contributed by atoms with Crippen molar-refractivity contribution in [2.24, 2.45) is 0 Å². The van der Waals surface area contributed by atoms with Crippen LogP contribution in [0.1, 0.15) is 66.1 Å². The molecule has 0 aromatic heterocycles. The van der Waals surface area contributed by atoms with E-state index >= 15 is 0 Å². The van der Waals surface area contributed by atoms with Crippen molar-refractivity contribution >= 4 is 5.78 Å². The molecule has 0 radical (unpaired) electrons. The Morgan fingerprint density at radius 3 is 2.24 bits per heavy atom.